The van der Waals surface area contributed by atoms with E-state index in [9.17, 15) is 13.2 Å². The van der Waals surface area contributed by atoms with Crippen molar-refractivity contribution in [3.05, 3.63) is 0 Å². The predicted octanol–water partition coefficient (Wildman–Crippen LogP) is 3.56. The maximum atomic E-state index is 14.3. The molecule has 0 radical (unpaired) electrons. The SMILES string of the molecule is FC(F)(F)[P+](N1CCCC1)(N1CCCC1)N1CCCC1. The number of halogens is 3. The van der Waals surface area contributed by atoms with Crippen molar-refractivity contribution in [1.82, 2.24) is 14.0 Å². The van der Waals surface area contributed by atoms with E-state index in [1.54, 1.807) is 0 Å². The van der Waals surface area contributed by atoms with Gasteiger partial charge in [-0.1, -0.05) is 0 Å². The predicted molar refractivity (Wildman–Crippen MR) is 75.4 cm³/mol. The summed E-state index contributed by atoms with van der Waals surface area (Å²) in [7, 11) is -3.32. The minimum absolute atomic E-state index is 0.625. The average Bonchev–Trinajstić information content (AvgIpc) is 3.13. The van der Waals surface area contributed by atoms with Crippen molar-refractivity contribution in [3.63, 3.8) is 0 Å². The van der Waals surface area contributed by atoms with E-state index < -0.39 is 13.6 Å². The first-order valence-corrected chi connectivity index (χ1v) is 9.44. The molecule has 0 atom stereocenters. The Morgan fingerprint density at radius 1 is 0.550 bits per heavy atom. The molecule has 3 nitrogen and oxygen atoms in total. The number of hydrogen-bond acceptors (Lipinski definition) is 3. The molecule has 20 heavy (non-hydrogen) atoms. The molecule has 0 saturated carbocycles. The first-order chi connectivity index (χ1) is 9.57. The number of nitrogens with zero attached hydrogens (tertiary/aromatic N) is 3. The standard InChI is InChI=1S/C13H24F3N3P/c14-13(15,16)20(17-7-1-2-8-17,18-9-3-4-10-18)19-11-5-6-12-19/h1-12H2/q+1. The summed E-state index contributed by atoms with van der Waals surface area (Å²) >= 11 is 0. The highest BCUT2D eigenvalue weighted by Gasteiger charge is 2.76. The third kappa shape index (κ3) is 2.29. The molecule has 3 heterocycles. The first-order valence-electron chi connectivity index (χ1n) is 7.79. The summed E-state index contributed by atoms with van der Waals surface area (Å²) in [4.78, 5) is 0. The molecule has 0 N–H and O–H groups in total. The lowest BCUT2D eigenvalue weighted by atomic mass is 10.4. The molecule has 3 saturated heterocycles. The van der Waals surface area contributed by atoms with Crippen LogP contribution in [0.3, 0.4) is 0 Å². The second-order valence-corrected chi connectivity index (χ2v) is 9.36. The molecule has 116 valence electrons. The summed E-state index contributed by atoms with van der Waals surface area (Å²) in [5.41, 5.74) is 0. The van der Waals surface area contributed by atoms with E-state index in [1.807, 2.05) is 14.0 Å². The first kappa shape index (κ1) is 15.0. The molecule has 3 aliphatic rings. The number of hydrogen-bond donors (Lipinski definition) is 0. The molecule has 3 aliphatic heterocycles. The van der Waals surface area contributed by atoms with E-state index in [0.29, 0.717) is 39.3 Å². The van der Waals surface area contributed by atoms with Crippen molar-refractivity contribution in [1.29, 1.82) is 0 Å². The topological polar surface area (TPSA) is 9.72 Å². The van der Waals surface area contributed by atoms with Gasteiger partial charge in [0.15, 0.2) is 0 Å². The molecular weight excluding hydrogens is 286 g/mol. The van der Waals surface area contributed by atoms with Crippen LogP contribution in [0.25, 0.3) is 0 Å². The Balaban J connectivity index is 2.01. The minimum Gasteiger partial charge on any atom is -0.140 e. The maximum Gasteiger partial charge on any atom is 0.561 e. The van der Waals surface area contributed by atoms with Crippen LogP contribution in [0.5, 0.6) is 0 Å². The third-order valence-corrected chi connectivity index (χ3v) is 9.02. The summed E-state index contributed by atoms with van der Waals surface area (Å²) in [5.74, 6) is -4.11. The zero-order valence-electron chi connectivity index (χ0n) is 11.9. The van der Waals surface area contributed by atoms with E-state index in [-0.39, 0.29) is 0 Å². The highest BCUT2D eigenvalue weighted by Crippen LogP contribution is 2.79. The van der Waals surface area contributed by atoms with Gasteiger partial charge in [0.2, 0.25) is 0 Å². The smallest absolute Gasteiger partial charge is 0.140 e. The summed E-state index contributed by atoms with van der Waals surface area (Å²) in [5, 5.41) is 0. The minimum atomic E-state index is -4.11. The molecule has 0 spiro atoms. The summed E-state index contributed by atoms with van der Waals surface area (Å²) in [6.45, 7) is 3.75. The highest BCUT2D eigenvalue weighted by atomic mass is 31.2. The van der Waals surface area contributed by atoms with Gasteiger partial charge in [-0.2, -0.15) is 0 Å². The molecule has 0 aliphatic carbocycles. The van der Waals surface area contributed by atoms with Crippen molar-refractivity contribution in [2.24, 2.45) is 0 Å². The monoisotopic (exact) mass is 310 g/mol. The van der Waals surface area contributed by atoms with Crippen molar-refractivity contribution < 1.29 is 13.2 Å². The lowest BCUT2D eigenvalue weighted by molar-refractivity contribution is -0.0619. The van der Waals surface area contributed by atoms with Gasteiger partial charge in [0.05, 0.1) is 0 Å². The van der Waals surface area contributed by atoms with Gasteiger partial charge < -0.3 is 0 Å². The van der Waals surface area contributed by atoms with Crippen LogP contribution in [-0.4, -0.2) is 59.2 Å². The van der Waals surface area contributed by atoms with Crippen LogP contribution in [-0.2, 0) is 0 Å². The van der Waals surface area contributed by atoms with Gasteiger partial charge in [0, 0.05) is 39.3 Å². The zero-order valence-corrected chi connectivity index (χ0v) is 12.8. The highest BCUT2D eigenvalue weighted by molar-refractivity contribution is 7.70. The lowest BCUT2D eigenvalue weighted by Gasteiger charge is -2.43. The Morgan fingerprint density at radius 2 is 0.800 bits per heavy atom. The molecule has 7 heteroatoms. The molecule has 0 aromatic heterocycles. The Bertz CT molecular complexity index is 291. The number of rotatable bonds is 3. The fourth-order valence-electron chi connectivity index (χ4n) is 3.96. The third-order valence-electron chi connectivity index (χ3n) is 4.77. The van der Waals surface area contributed by atoms with E-state index >= 15 is 0 Å². The Labute approximate surface area is 119 Å². The van der Waals surface area contributed by atoms with Crippen LogP contribution in [0.15, 0.2) is 0 Å². The lowest BCUT2D eigenvalue weighted by Crippen LogP contribution is -2.49. The fourth-order valence-corrected chi connectivity index (χ4v) is 8.51. The average molecular weight is 310 g/mol. The van der Waals surface area contributed by atoms with Crippen LogP contribution in [0.1, 0.15) is 38.5 Å². The molecule has 3 rings (SSSR count). The van der Waals surface area contributed by atoms with Crippen LogP contribution < -0.4 is 0 Å². The van der Waals surface area contributed by atoms with Gasteiger partial charge in [-0.05, 0) is 38.5 Å². The zero-order chi connectivity index (χ0) is 14.2. The van der Waals surface area contributed by atoms with Crippen LogP contribution in [0.2, 0.25) is 0 Å². The van der Waals surface area contributed by atoms with Gasteiger partial charge >= 0.3 is 13.6 Å². The largest absolute Gasteiger partial charge is 0.561 e. The normalized spacial score (nSPS) is 27.8. The van der Waals surface area contributed by atoms with E-state index in [2.05, 4.69) is 0 Å². The summed E-state index contributed by atoms with van der Waals surface area (Å²) in [6, 6.07) is 0. The van der Waals surface area contributed by atoms with Gasteiger partial charge in [-0.25, -0.2) is 0 Å². The molecule has 0 unspecified atom stereocenters. The van der Waals surface area contributed by atoms with E-state index in [0.717, 1.165) is 38.5 Å². The van der Waals surface area contributed by atoms with Crippen molar-refractivity contribution >= 4 is 7.71 Å². The van der Waals surface area contributed by atoms with Gasteiger partial charge in [0.1, 0.15) is 0 Å². The summed E-state index contributed by atoms with van der Waals surface area (Å²) < 4.78 is 48.2. The fraction of sp³-hybridized carbons (Fsp3) is 1.00. The molecule has 0 bridgehead atoms. The van der Waals surface area contributed by atoms with Crippen molar-refractivity contribution in [3.8, 4) is 0 Å². The van der Waals surface area contributed by atoms with E-state index in [4.69, 9.17) is 0 Å². The van der Waals surface area contributed by atoms with Crippen LogP contribution in [0.4, 0.5) is 13.2 Å². The Kier molecular flexibility index (Phi) is 4.29. The molecule has 0 aromatic carbocycles. The second-order valence-electron chi connectivity index (χ2n) is 6.02. The van der Waals surface area contributed by atoms with Crippen LogP contribution in [0, 0.1) is 0 Å². The van der Waals surface area contributed by atoms with Gasteiger partial charge in [-0.15, -0.1) is 27.2 Å². The van der Waals surface area contributed by atoms with Gasteiger partial charge in [-0.3, -0.25) is 0 Å². The van der Waals surface area contributed by atoms with E-state index in [1.165, 1.54) is 0 Å². The second kappa shape index (κ2) is 5.71. The Hall–Kier alpha value is 0.1000. The van der Waals surface area contributed by atoms with Crippen molar-refractivity contribution in [2.75, 3.05) is 39.3 Å². The molecule has 0 amide bonds. The number of alkyl halides is 3. The quantitative estimate of drug-likeness (QED) is 0.738. The molecule has 3 fully saturated rings. The van der Waals surface area contributed by atoms with Crippen LogP contribution >= 0.6 is 7.71 Å². The van der Waals surface area contributed by atoms with Crippen molar-refractivity contribution in [2.45, 2.75) is 44.4 Å². The Morgan fingerprint density at radius 3 is 1.00 bits per heavy atom. The summed E-state index contributed by atoms with van der Waals surface area (Å²) in [6.07, 6.45) is 5.50. The molecule has 0 aromatic rings. The van der Waals surface area contributed by atoms with Gasteiger partial charge in [0.25, 0.3) is 0 Å². The maximum absolute atomic E-state index is 14.3. The molecular formula is C13H24F3N3P+.